The predicted molar refractivity (Wildman–Crippen MR) is 73.1 cm³/mol. The summed E-state index contributed by atoms with van der Waals surface area (Å²) in [5.74, 6) is 2.94. The van der Waals surface area contributed by atoms with Crippen LogP contribution in [0.2, 0.25) is 0 Å². The first-order chi connectivity index (χ1) is 8.84. The van der Waals surface area contributed by atoms with Gasteiger partial charge in [-0.1, -0.05) is 24.1 Å². The minimum absolute atomic E-state index is 0.0538. The van der Waals surface area contributed by atoms with Crippen LogP contribution in [0.4, 0.5) is 0 Å². The molecule has 18 heavy (non-hydrogen) atoms. The molecule has 0 spiro atoms. The van der Waals surface area contributed by atoms with Gasteiger partial charge in [-0.05, 0) is 68.3 Å². The molecule has 0 aliphatic heterocycles. The van der Waals surface area contributed by atoms with E-state index in [4.69, 9.17) is 0 Å². The van der Waals surface area contributed by atoms with E-state index in [2.05, 4.69) is 12.2 Å². The second-order valence-electron chi connectivity index (χ2n) is 6.85. The molecule has 4 aliphatic rings. The number of hydrogen-bond acceptors (Lipinski definition) is 1. The smallest absolute Gasteiger partial charge is 0.0605 e. The van der Waals surface area contributed by atoms with Crippen LogP contribution < -0.4 is 0 Å². The molecule has 2 fully saturated rings. The van der Waals surface area contributed by atoms with Gasteiger partial charge in [-0.3, -0.25) is 0 Å². The Morgan fingerprint density at radius 2 is 1.94 bits per heavy atom. The third-order valence-electron chi connectivity index (χ3n) is 6.09. The van der Waals surface area contributed by atoms with Crippen LogP contribution >= 0.6 is 0 Å². The van der Waals surface area contributed by atoms with E-state index in [0.29, 0.717) is 5.92 Å². The van der Waals surface area contributed by atoms with Crippen LogP contribution in [0.1, 0.15) is 51.4 Å². The molecule has 0 bridgehead atoms. The van der Waals surface area contributed by atoms with Crippen molar-refractivity contribution >= 4 is 0 Å². The third-order valence-corrected chi connectivity index (χ3v) is 6.09. The Balaban J connectivity index is 1.73. The first-order valence-electron chi connectivity index (χ1n) is 7.94. The van der Waals surface area contributed by atoms with Gasteiger partial charge >= 0.3 is 0 Å². The highest BCUT2D eigenvalue weighted by atomic mass is 16.3. The lowest BCUT2D eigenvalue weighted by molar-refractivity contribution is 0.126. The van der Waals surface area contributed by atoms with Crippen LogP contribution in [-0.4, -0.2) is 11.2 Å². The topological polar surface area (TPSA) is 20.2 Å². The molecule has 1 nitrogen and oxygen atoms in total. The van der Waals surface area contributed by atoms with Crippen LogP contribution in [-0.2, 0) is 0 Å². The summed E-state index contributed by atoms with van der Waals surface area (Å²) in [5.41, 5.74) is 3.52. The van der Waals surface area contributed by atoms with Gasteiger partial charge < -0.3 is 5.11 Å². The lowest BCUT2D eigenvalue weighted by atomic mass is 9.63. The largest absolute Gasteiger partial charge is 0.393 e. The molecule has 2 saturated carbocycles. The third kappa shape index (κ3) is 1.56. The zero-order chi connectivity index (χ0) is 12.1. The SMILES string of the molecule is O[C@H]1CC[C@@H]2[C@@H]1C=CC1=C3CCCCC3CC[C@H]12. The maximum absolute atomic E-state index is 10.1. The number of aliphatic hydroxyl groups excluding tert-OH is 1. The molecule has 0 radical (unpaired) electrons. The summed E-state index contributed by atoms with van der Waals surface area (Å²) in [6.07, 6.45) is 15.5. The fourth-order valence-corrected chi connectivity index (χ4v) is 5.22. The van der Waals surface area contributed by atoms with E-state index >= 15 is 0 Å². The monoisotopic (exact) mass is 244 g/mol. The Morgan fingerprint density at radius 3 is 2.89 bits per heavy atom. The molecular weight excluding hydrogens is 220 g/mol. The Kier molecular flexibility index (Phi) is 2.65. The zero-order valence-electron chi connectivity index (χ0n) is 11.1. The van der Waals surface area contributed by atoms with Crippen molar-refractivity contribution in [2.75, 3.05) is 0 Å². The fraction of sp³-hybridized carbons (Fsp3) is 0.765. The van der Waals surface area contributed by atoms with E-state index in [1.807, 2.05) is 5.57 Å². The van der Waals surface area contributed by atoms with Crippen LogP contribution in [0.25, 0.3) is 0 Å². The van der Waals surface area contributed by atoms with Gasteiger partial charge in [0.25, 0.3) is 0 Å². The van der Waals surface area contributed by atoms with Crippen molar-refractivity contribution in [3.63, 3.8) is 0 Å². The Morgan fingerprint density at radius 1 is 1.00 bits per heavy atom. The minimum atomic E-state index is -0.0538. The molecule has 0 aromatic heterocycles. The number of rotatable bonds is 0. The molecule has 0 saturated heterocycles. The summed E-state index contributed by atoms with van der Waals surface area (Å²) in [6.45, 7) is 0. The normalized spacial score (nSPS) is 46.6. The number of aliphatic hydroxyl groups is 1. The summed E-state index contributed by atoms with van der Waals surface area (Å²) < 4.78 is 0. The molecule has 5 atom stereocenters. The molecule has 0 aromatic rings. The molecule has 1 heteroatoms. The first kappa shape index (κ1) is 11.3. The van der Waals surface area contributed by atoms with Crippen molar-refractivity contribution in [3.8, 4) is 0 Å². The van der Waals surface area contributed by atoms with E-state index in [0.717, 1.165) is 24.2 Å². The van der Waals surface area contributed by atoms with Gasteiger partial charge in [-0.2, -0.15) is 0 Å². The van der Waals surface area contributed by atoms with Crippen molar-refractivity contribution < 1.29 is 5.11 Å². The van der Waals surface area contributed by atoms with Gasteiger partial charge in [0.2, 0.25) is 0 Å². The molecule has 0 heterocycles. The quantitative estimate of drug-likeness (QED) is 0.686. The molecule has 0 aromatic carbocycles. The zero-order valence-corrected chi connectivity index (χ0v) is 11.1. The molecule has 4 aliphatic carbocycles. The summed E-state index contributed by atoms with van der Waals surface area (Å²) in [5, 5.41) is 10.1. The van der Waals surface area contributed by atoms with E-state index < -0.39 is 0 Å². The van der Waals surface area contributed by atoms with Crippen molar-refractivity contribution in [1.82, 2.24) is 0 Å². The van der Waals surface area contributed by atoms with E-state index in [-0.39, 0.29) is 6.10 Å². The highest BCUT2D eigenvalue weighted by Gasteiger charge is 2.44. The number of allylic oxidation sites excluding steroid dienone is 3. The van der Waals surface area contributed by atoms with E-state index in [1.165, 1.54) is 44.9 Å². The standard InChI is InChI=1S/C17H24O/c18-17-10-9-15-14-6-5-11-3-1-2-4-12(11)13(14)7-8-16(15)17/h7-8,11,14-18H,1-6,9-10H2/t11?,14-,15+,16+,17+/m1/s1. The average Bonchev–Trinajstić information content (AvgIpc) is 2.80. The molecule has 98 valence electrons. The Bertz CT molecular complexity index is 406. The molecular formula is C17H24O. The van der Waals surface area contributed by atoms with E-state index in [1.54, 1.807) is 5.57 Å². The summed E-state index contributed by atoms with van der Waals surface area (Å²) >= 11 is 0. The molecule has 4 rings (SSSR count). The van der Waals surface area contributed by atoms with Crippen LogP contribution in [0.15, 0.2) is 23.3 Å². The van der Waals surface area contributed by atoms with Crippen molar-refractivity contribution in [2.24, 2.45) is 23.7 Å². The van der Waals surface area contributed by atoms with Crippen LogP contribution in [0.5, 0.6) is 0 Å². The maximum atomic E-state index is 10.1. The van der Waals surface area contributed by atoms with Crippen LogP contribution in [0.3, 0.4) is 0 Å². The van der Waals surface area contributed by atoms with Crippen LogP contribution in [0, 0.1) is 23.7 Å². The second kappa shape index (κ2) is 4.23. The van der Waals surface area contributed by atoms with Gasteiger partial charge in [0, 0.05) is 5.92 Å². The summed E-state index contributed by atoms with van der Waals surface area (Å²) in [7, 11) is 0. The van der Waals surface area contributed by atoms with E-state index in [9.17, 15) is 5.11 Å². The highest BCUT2D eigenvalue weighted by Crippen LogP contribution is 2.52. The van der Waals surface area contributed by atoms with Gasteiger partial charge in [-0.25, -0.2) is 0 Å². The summed E-state index contributed by atoms with van der Waals surface area (Å²) in [6, 6.07) is 0. The lowest BCUT2D eigenvalue weighted by Crippen LogP contribution is -2.32. The average molecular weight is 244 g/mol. The van der Waals surface area contributed by atoms with Gasteiger partial charge in [-0.15, -0.1) is 0 Å². The highest BCUT2D eigenvalue weighted by molar-refractivity contribution is 5.37. The lowest BCUT2D eigenvalue weighted by Gasteiger charge is -2.42. The summed E-state index contributed by atoms with van der Waals surface area (Å²) in [4.78, 5) is 0. The molecule has 0 amide bonds. The maximum Gasteiger partial charge on any atom is 0.0605 e. The Labute approximate surface area is 110 Å². The Hall–Kier alpha value is -0.560. The van der Waals surface area contributed by atoms with Crippen molar-refractivity contribution in [3.05, 3.63) is 23.3 Å². The predicted octanol–water partition coefficient (Wildman–Crippen LogP) is 3.84. The fourth-order valence-electron chi connectivity index (χ4n) is 5.22. The number of hydrogen-bond donors (Lipinski definition) is 1. The second-order valence-corrected chi connectivity index (χ2v) is 6.85. The molecule has 1 unspecified atom stereocenters. The van der Waals surface area contributed by atoms with Crippen molar-refractivity contribution in [1.29, 1.82) is 0 Å². The van der Waals surface area contributed by atoms with Gasteiger partial charge in [0.15, 0.2) is 0 Å². The minimum Gasteiger partial charge on any atom is -0.393 e. The molecule has 1 N–H and O–H groups in total. The first-order valence-corrected chi connectivity index (χ1v) is 7.94. The van der Waals surface area contributed by atoms with Gasteiger partial charge in [0.1, 0.15) is 0 Å². The van der Waals surface area contributed by atoms with Gasteiger partial charge in [0.05, 0.1) is 6.10 Å². The van der Waals surface area contributed by atoms with Crippen molar-refractivity contribution in [2.45, 2.75) is 57.5 Å². The number of fused-ring (bicyclic) bond motifs is 4.